The molecule has 21 heavy (non-hydrogen) atoms. The second-order valence-corrected chi connectivity index (χ2v) is 4.99. The summed E-state index contributed by atoms with van der Waals surface area (Å²) < 4.78 is 5.50. The SMILES string of the molecule is O=C(Nc1cccc(CO)c1)c1cc2cccc(Cl)c2o1. The summed E-state index contributed by atoms with van der Waals surface area (Å²) in [5.41, 5.74) is 1.81. The summed E-state index contributed by atoms with van der Waals surface area (Å²) in [7, 11) is 0. The normalized spacial score (nSPS) is 10.8. The van der Waals surface area contributed by atoms with Crippen LogP contribution in [0.1, 0.15) is 16.1 Å². The van der Waals surface area contributed by atoms with Crippen LogP contribution in [0.3, 0.4) is 0 Å². The molecule has 0 spiro atoms. The molecule has 0 atom stereocenters. The largest absolute Gasteiger partial charge is 0.449 e. The van der Waals surface area contributed by atoms with Crippen molar-refractivity contribution < 1.29 is 14.3 Å². The number of hydrogen-bond donors (Lipinski definition) is 2. The van der Waals surface area contributed by atoms with Gasteiger partial charge in [0.25, 0.3) is 5.91 Å². The van der Waals surface area contributed by atoms with Crippen molar-refractivity contribution in [1.82, 2.24) is 0 Å². The summed E-state index contributed by atoms with van der Waals surface area (Å²) >= 11 is 6.02. The van der Waals surface area contributed by atoms with Crippen molar-refractivity contribution in [3.63, 3.8) is 0 Å². The van der Waals surface area contributed by atoms with Crippen LogP contribution in [0.2, 0.25) is 5.02 Å². The molecule has 0 saturated carbocycles. The number of aliphatic hydroxyl groups excluding tert-OH is 1. The minimum atomic E-state index is -0.364. The van der Waals surface area contributed by atoms with Gasteiger partial charge in [-0.05, 0) is 29.8 Å². The van der Waals surface area contributed by atoms with E-state index < -0.39 is 0 Å². The zero-order valence-electron chi connectivity index (χ0n) is 11.0. The second-order valence-electron chi connectivity index (χ2n) is 4.58. The molecule has 3 rings (SSSR count). The Labute approximate surface area is 126 Å². The van der Waals surface area contributed by atoms with Crippen molar-refractivity contribution in [3.8, 4) is 0 Å². The fourth-order valence-electron chi connectivity index (χ4n) is 2.08. The van der Waals surface area contributed by atoms with Crippen LogP contribution in [-0.2, 0) is 6.61 Å². The molecule has 4 nitrogen and oxygen atoms in total. The van der Waals surface area contributed by atoms with Crippen LogP contribution in [0.4, 0.5) is 5.69 Å². The van der Waals surface area contributed by atoms with Crippen LogP contribution >= 0.6 is 11.6 Å². The molecular weight excluding hydrogens is 290 g/mol. The van der Waals surface area contributed by atoms with Crippen molar-refractivity contribution in [2.75, 3.05) is 5.32 Å². The number of carbonyl (C=O) groups excluding carboxylic acids is 1. The average Bonchev–Trinajstić information content (AvgIpc) is 2.93. The van der Waals surface area contributed by atoms with E-state index in [4.69, 9.17) is 21.1 Å². The summed E-state index contributed by atoms with van der Waals surface area (Å²) in [5.74, 6) is -0.176. The number of halogens is 1. The predicted octanol–water partition coefficient (Wildman–Crippen LogP) is 3.83. The third kappa shape index (κ3) is 2.77. The van der Waals surface area contributed by atoms with E-state index in [0.717, 1.165) is 10.9 Å². The number of benzene rings is 2. The molecule has 1 aromatic heterocycles. The van der Waals surface area contributed by atoms with E-state index in [2.05, 4.69) is 5.32 Å². The van der Waals surface area contributed by atoms with Gasteiger partial charge in [0.05, 0.1) is 11.6 Å². The number of para-hydroxylation sites is 1. The van der Waals surface area contributed by atoms with Crippen molar-refractivity contribution >= 4 is 34.2 Å². The Bertz CT molecular complexity index is 810. The Morgan fingerprint density at radius 2 is 2.00 bits per heavy atom. The number of carbonyl (C=O) groups is 1. The predicted molar refractivity (Wildman–Crippen MR) is 81.5 cm³/mol. The number of amides is 1. The number of anilines is 1. The standard InChI is InChI=1S/C16H12ClNO3/c17-13-6-2-4-11-8-14(21-15(11)13)16(20)18-12-5-1-3-10(7-12)9-19/h1-8,19H,9H2,(H,18,20). The number of nitrogens with one attached hydrogen (secondary N) is 1. The fourth-order valence-corrected chi connectivity index (χ4v) is 2.30. The van der Waals surface area contributed by atoms with E-state index in [-0.39, 0.29) is 18.3 Å². The first-order chi connectivity index (χ1) is 10.2. The van der Waals surface area contributed by atoms with E-state index in [9.17, 15) is 4.79 Å². The topological polar surface area (TPSA) is 62.5 Å². The van der Waals surface area contributed by atoms with Gasteiger partial charge in [-0.3, -0.25) is 4.79 Å². The van der Waals surface area contributed by atoms with Crippen LogP contribution in [-0.4, -0.2) is 11.0 Å². The summed E-state index contributed by atoms with van der Waals surface area (Å²) in [6.45, 7) is -0.0794. The molecule has 0 radical (unpaired) electrons. The molecule has 0 aliphatic rings. The average molecular weight is 302 g/mol. The van der Waals surface area contributed by atoms with Crippen LogP contribution in [0.15, 0.2) is 52.9 Å². The maximum Gasteiger partial charge on any atom is 0.291 e. The first-order valence-corrected chi connectivity index (χ1v) is 6.74. The Hall–Kier alpha value is -2.30. The van der Waals surface area contributed by atoms with Gasteiger partial charge in [-0.25, -0.2) is 0 Å². The van der Waals surface area contributed by atoms with Gasteiger partial charge in [-0.1, -0.05) is 35.9 Å². The second kappa shape index (κ2) is 5.60. The van der Waals surface area contributed by atoms with E-state index in [1.165, 1.54) is 0 Å². The van der Waals surface area contributed by atoms with Crippen molar-refractivity contribution in [3.05, 3.63) is 64.9 Å². The van der Waals surface area contributed by atoms with Gasteiger partial charge in [0, 0.05) is 11.1 Å². The van der Waals surface area contributed by atoms with Gasteiger partial charge >= 0.3 is 0 Å². The maximum absolute atomic E-state index is 12.2. The lowest BCUT2D eigenvalue weighted by Crippen LogP contribution is -2.10. The van der Waals surface area contributed by atoms with E-state index in [1.54, 1.807) is 42.5 Å². The minimum absolute atomic E-state index is 0.0794. The lowest BCUT2D eigenvalue weighted by atomic mass is 10.2. The van der Waals surface area contributed by atoms with E-state index >= 15 is 0 Å². The highest BCUT2D eigenvalue weighted by atomic mass is 35.5. The highest BCUT2D eigenvalue weighted by Gasteiger charge is 2.14. The molecule has 106 valence electrons. The lowest BCUT2D eigenvalue weighted by molar-refractivity contribution is 0.0998. The molecule has 5 heteroatoms. The Kier molecular flexibility index (Phi) is 3.64. The highest BCUT2D eigenvalue weighted by Crippen LogP contribution is 2.27. The number of rotatable bonds is 3. The molecule has 0 bridgehead atoms. The summed E-state index contributed by atoms with van der Waals surface area (Å²) in [6, 6.07) is 14.0. The molecule has 3 aromatic rings. The van der Waals surface area contributed by atoms with Crippen molar-refractivity contribution in [2.45, 2.75) is 6.61 Å². The highest BCUT2D eigenvalue weighted by molar-refractivity contribution is 6.34. The zero-order chi connectivity index (χ0) is 14.8. The Balaban J connectivity index is 1.88. The molecule has 0 fully saturated rings. The third-order valence-electron chi connectivity index (χ3n) is 3.09. The molecule has 0 aliphatic carbocycles. The number of fused-ring (bicyclic) bond motifs is 1. The molecule has 0 aliphatic heterocycles. The van der Waals surface area contributed by atoms with Gasteiger partial charge in [-0.15, -0.1) is 0 Å². The van der Waals surface area contributed by atoms with E-state index in [0.29, 0.717) is 16.3 Å². The van der Waals surface area contributed by atoms with Crippen molar-refractivity contribution in [2.24, 2.45) is 0 Å². The molecular formula is C16H12ClNO3. The van der Waals surface area contributed by atoms with Gasteiger partial charge in [0.1, 0.15) is 0 Å². The zero-order valence-corrected chi connectivity index (χ0v) is 11.7. The monoisotopic (exact) mass is 301 g/mol. The molecule has 1 amide bonds. The third-order valence-corrected chi connectivity index (χ3v) is 3.38. The molecule has 0 saturated heterocycles. The van der Waals surface area contributed by atoms with Gasteiger partial charge in [-0.2, -0.15) is 0 Å². The first kappa shape index (κ1) is 13.7. The van der Waals surface area contributed by atoms with Crippen LogP contribution in [0.5, 0.6) is 0 Å². The Morgan fingerprint density at radius 3 is 2.76 bits per heavy atom. The van der Waals surface area contributed by atoms with Crippen molar-refractivity contribution in [1.29, 1.82) is 0 Å². The fraction of sp³-hybridized carbons (Fsp3) is 0.0625. The smallest absolute Gasteiger partial charge is 0.291 e. The quantitative estimate of drug-likeness (QED) is 0.773. The minimum Gasteiger partial charge on any atom is -0.449 e. The summed E-state index contributed by atoms with van der Waals surface area (Å²) in [6.07, 6.45) is 0. The number of aliphatic hydroxyl groups is 1. The van der Waals surface area contributed by atoms with Gasteiger partial charge < -0.3 is 14.8 Å². The number of hydrogen-bond acceptors (Lipinski definition) is 3. The van der Waals surface area contributed by atoms with Crippen LogP contribution in [0.25, 0.3) is 11.0 Å². The van der Waals surface area contributed by atoms with Crippen LogP contribution in [0, 0.1) is 0 Å². The van der Waals surface area contributed by atoms with E-state index in [1.807, 2.05) is 6.07 Å². The van der Waals surface area contributed by atoms with Gasteiger partial charge in [0.2, 0.25) is 0 Å². The maximum atomic E-state index is 12.2. The summed E-state index contributed by atoms with van der Waals surface area (Å²) in [4.78, 5) is 12.2. The molecule has 1 heterocycles. The molecule has 2 aromatic carbocycles. The Morgan fingerprint density at radius 1 is 1.19 bits per heavy atom. The number of furan rings is 1. The lowest BCUT2D eigenvalue weighted by Gasteiger charge is -2.04. The van der Waals surface area contributed by atoms with Gasteiger partial charge in [0.15, 0.2) is 11.3 Å². The molecule has 2 N–H and O–H groups in total. The summed E-state index contributed by atoms with van der Waals surface area (Å²) in [5, 5.41) is 13.1. The van der Waals surface area contributed by atoms with Crippen LogP contribution < -0.4 is 5.32 Å². The first-order valence-electron chi connectivity index (χ1n) is 6.36. The molecule has 0 unspecified atom stereocenters.